The average Bonchev–Trinajstić information content (AvgIpc) is 3.49. The van der Waals surface area contributed by atoms with Crippen LogP contribution in [0.25, 0.3) is 17.2 Å². The van der Waals surface area contributed by atoms with Gasteiger partial charge in [0.2, 0.25) is 5.91 Å². The fourth-order valence-corrected chi connectivity index (χ4v) is 5.29. The Morgan fingerprint density at radius 1 is 1.21 bits per heavy atom. The second-order valence-corrected chi connectivity index (χ2v) is 9.81. The highest BCUT2D eigenvalue weighted by molar-refractivity contribution is 6.30. The lowest BCUT2D eigenvalue weighted by molar-refractivity contribution is -0.135. The number of aryl methyl sites for hydroxylation is 1. The molecule has 0 spiro atoms. The van der Waals surface area contributed by atoms with E-state index in [1.54, 1.807) is 16.8 Å². The Hall–Kier alpha value is -3.87. The zero-order valence-electron chi connectivity index (χ0n) is 19.6. The molecule has 9 nitrogen and oxygen atoms in total. The molecule has 38 heavy (non-hydrogen) atoms. The lowest BCUT2D eigenvalue weighted by atomic mass is 9.74. The number of fused-ring (bicyclic) bond motifs is 2. The third-order valence-electron chi connectivity index (χ3n) is 6.84. The van der Waals surface area contributed by atoms with Crippen molar-refractivity contribution in [2.45, 2.75) is 43.7 Å². The van der Waals surface area contributed by atoms with Gasteiger partial charge < -0.3 is 15.5 Å². The van der Waals surface area contributed by atoms with Crippen LogP contribution in [0, 0.1) is 11.7 Å². The van der Waals surface area contributed by atoms with E-state index in [1.165, 1.54) is 12.4 Å². The summed E-state index contributed by atoms with van der Waals surface area (Å²) in [5.41, 5.74) is 5.98. The quantitative estimate of drug-likeness (QED) is 0.341. The maximum absolute atomic E-state index is 15.1. The maximum Gasteiger partial charge on any atom is 0.389 e. The summed E-state index contributed by atoms with van der Waals surface area (Å²) in [7, 11) is 0. The van der Waals surface area contributed by atoms with Gasteiger partial charge in [-0.05, 0) is 37.7 Å². The van der Waals surface area contributed by atoms with Gasteiger partial charge in [-0.3, -0.25) is 9.78 Å². The van der Waals surface area contributed by atoms with Gasteiger partial charge in [0.25, 0.3) is 0 Å². The molecule has 4 aromatic heterocycles. The first-order valence-electron chi connectivity index (χ1n) is 11.8. The monoisotopic (exact) mass is 546 g/mol. The Morgan fingerprint density at radius 2 is 2.00 bits per heavy atom. The molecule has 2 aliphatic rings. The number of rotatable bonds is 6. The second-order valence-electron chi connectivity index (χ2n) is 9.38. The predicted octanol–water partition coefficient (Wildman–Crippen LogP) is 4.49. The minimum absolute atomic E-state index is 0.0251. The van der Waals surface area contributed by atoms with E-state index < -0.39 is 29.7 Å². The van der Waals surface area contributed by atoms with Crippen LogP contribution in [0.4, 0.5) is 29.2 Å². The number of halogens is 5. The first-order valence-corrected chi connectivity index (χ1v) is 12.2. The van der Waals surface area contributed by atoms with Crippen LogP contribution in [-0.4, -0.2) is 41.4 Å². The van der Waals surface area contributed by atoms with Crippen molar-refractivity contribution in [1.29, 1.82) is 0 Å². The standard InChI is InChI=1S/C24H19ClF4N8O/c25-12-8-13(26)17(32-9-12)24(11-3-4-11)16-18(30)34-19(35-20(16)36-22(24)38)15-10-37-7-6-31-21(37)14(33-15)2-1-5-23(27,28)29/h6-11H,1-5H2,(H3,30,34,35,36,38). The van der Waals surface area contributed by atoms with E-state index in [0.717, 1.165) is 6.07 Å². The number of hydrogen-bond acceptors (Lipinski definition) is 7. The molecule has 1 fully saturated rings. The number of carbonyl (C=O) groups is 1. The van der Waals surface area contributed by atoms with E-state index in [0.29, 0.717) is 24.2 Å². The highest BCUT2D eigenvalue weighted by atomic mass is 35.5. The van der Waals surface area contributed by atoms with Gasteiger partial charge in [0.1, 0.15) is 28.6 Å². The van der Waals surface area contributed by atoms with Crippen molar-refractivity contribution in [1.82, 2.24) is 29.3 Å². The minimum atomic E-state index is -4.29. The third-order valence-corrected chi connectivity index (χ3v) is 7.05. The largest absolute Gasteiger partial charge is 0.389 e. The van der Waals surface area contributed by atoms with Gasteiger partial charge in [-0.15, -0.1) is 0 Å². The van der Waals surface area contributed by atoms with Crippen molar-refractivity contribution in [2.75, 3.05) is 11.1 Å². The van der Waals surface area contributed by atoms with Crippen LogP contribution in [0.2, 0.25) is 5.02 Å². The normalized spacial score (nSPS) is 19.1. The summed E-state index contributed by atoms with van der Waals surface area (Å²) in [4.78, 5) is 35.2. The summed E-state index contributed by atoms with van der Waals surface area (Å²) in [5.74, 6) is -1.43. The summed E-state index contributed by atoms with van der Waals surface area (Å²) < 4.78 is 54.8. The molecule has 1 aliphatic carbocycles. The predicted molar refractivity (Wildman–Crippen MR) is 129 cm³/mol. The number of nitrogen functional groups attached to an aromatic ring is 1. The number of aromatic nitrogens is 6. The molecular formula is C24H19ClF4N8O. The van der Waals surface area contributed by atoms with Crippen molar-refractivity contribution in [3.8, 4) is 11.5 Å². The highest BCUT2D eigenvalue weighted by Gasteiger charge is 2.61. The number of anilines is 2. The van der Waals surface area contributed by atoms with Crippen LogP contribution in [0.3, 0.4) is 0 Å². The van der Waals surface area contributed by atoms with E-state index in [9.17, 15) is 18.0 Å². The number of hydrogen-bond donors (Lipinski definition) is 2. The number of imidazole rings is 1. The Kier molecular flexibility index (Phi) is 5.53. The number of nitrogens with two attached hydrogens (primary N) is 1. The summed E-state index contributed by atoms with van der Waals surface area (Å²) in [5, 5.41) is 2.80. The number of pyridine rings is 1. The molecule has 196 valence electrons. The molecule has 0 radical (unpaired) electrons. The van der Waals surface area contributed by atoms with Gasteiger partial charge in [0, 0.05) is 31.2 Å². The summed E-state index contributed by atoms with van der Waals surface area (Å²) in [6, 6.07) is 1.09. The summed E-state index contributed by atoms with van der Waals surface area (Å²) >= 11 is 5.90. The molecule has 0 bridgehead atoms. The van der Waals surface area contributed by atoms with E-state index in [4.69, 9.17) is 17.3 Å². The van der Waals surface area contributed by atoms with Crippen molar-refractivity contribution in [3.05, 3.63) is 58.6 Å². The summed E-state index contributed by atoms with van der Waals surface area (Å²) in [6.07, 6.45) is 1.88. The molecule has 1 aliphatic heterocycles. The molecule has 0 saturated heterocycles. The first-order chi connectivity index (χ1) is 18.1. The smallest absolute Gasteiger partial charge is 0.383 e. The van der Waals surface area contributed by atoms with Crippen LogP contribution in [0.15, 0.2) is 30.9 Å². The Morgan fingerprint density at radius 3 is 2.71 bits per heavy atom. The van der Waals surface area contributed by atoms with Crippen molar-refractivity contribution in [3.63, 3.8) is 0 Å². The SMILES string of the molecule is Nc1nc(-c2cn3ccnc3c(CCCC(F)(F)F)n2)nc2c1C(c1ncc(Cl)cc1F)(C1CC1)C(=O)N2. The Labute approximate surface area is 217 Å². The molecule has 1 atom stereocenters. The summed E-state index contributed by atoms with van der Waals surface area (Å²) in [6.45, 7) is 0. The van der Waals surface area contributed by atoms with Gasteiger partial charge in [-0.1, -0.05) is 11.6 Å². The molecule has 4 aromatic rings. The van der Waals surface area contributed by atoms with E-state index in [-0.39, 0.29) is 58.2 Å². The Bertz CT molecular complexity index is 1600. The van der Waals surface area contributed by atoms with Crippen LogP contribution >= 0.6 is 11.6 Å². The maximum atomic E-state index is 15.1. The van der Waals surface area contributed by atoms with Gasteiger partial charge in [-0.2, -0.15) is 13.2 Å². The topological polar surface area (TPSA) is 124 Å². The molecule has 3 N–H and O–H groups in total. The number of nitrogens with one attached hydrogen (secondary N) is 1. The lowest BCUT2D eigenvalue weighted by Crippen LogP contribution is -2.40. The molecule has 1 unspecified atom stereocenters. The molecule has 1 amide bonds. The van der Waals surface area contributed by atoms with Crippen LogP contribution in [0.1, 0.15) is 42.6 Å². The van der Waals surface area contributed by atoms with Crippen molar-refractivity contribution in [2.24, 2.45) is 5.92 Å². The Balaban J connectivity index is 1.45. The van der Waals surface area contributed by atoms with E-state index >= 15 is 4.39 Å². The van der Waals surface area contributed by atoms with Gasteiger partial charge >= 0.3 is 6.18 Å². The molecule has 6 rings (SSSR count). The zero-order chi connectivity index (χ0) is 26.8. The van der Waals surface area contributed by atoms with Gasteiger partial charge in [0.15, 0.2) is 11.5 Å². The molecule has 1 saturated carbocycles. The number of amides is 1. The van der Waals surface area contributed by atoms with E-state index in [2.05, 4.69) is 30.2 Å². The second kappa shape index (κ2) is 8.58. The lowest BCUT2D eigenvalue weighted by Gasteiger charge is -2.27. The van der Waals surface area contributed by atoms with Crippen molar-refractivity contribution < 1.29 is 22.4 Å². The zero-order valence-corrected chi connectivity index (χ0v) is 20.3. The third kappa shape index (κ3) is 3.92. The number of carbonyl (C=O) groups excluding carboxylic acids is 1. The number of alkyl halides is 3. The number of nitrogens with zero attached hydrogens (tertiary/aromatic N) is 6. The van der Waals surface area contributed by atoms with E-state index in [1.807, 2.05) is 0 Å². The molecular weight excluding hydrogens is 528 g/mol. The van der Waals surface area contributed by atoms with Crippen molar-refractivity contribution >= 4 is 34.8 Å². The first kappa shape index (κ1) is 24.5. The fourth-order valence-electron chi connectivity index (χ4n) is 5.15. The highest BCUT2D eigenvalue weighted by Crippen LogP contribution is 2.57. The minimum Gasteiger partial charge on any atom is -0.383 e. The molecule has 0 aromatic carbocycles. The average molecular weight is 547 g/mol. The molecule has 5 heterocycles. The van der Waals surface area contributed by atoms with Gasteiger partial charge in [-0.25, -0.2) is 24.3 Å². The van der Waals surface area contributed by atoms with Crippen LogP contribution in [-0.2, 0) is 16.6 Å². The fraction of sp³-hybridized carbons (Fsp3) is 0.333. The van der Waals surface area contributed by atoms with Crippen LogP contribution < -0.4 is 11.1 Å². The van der Waals surface area contributed by atoms with Crippen LogP contribution in [0.5, 0.6) is 0 Å². The van der Waals surface area contributed by atoms with Gasteiger partial charge in [0.05, 0.1) is 22.0 Å². The molecule has 14 heteroatoms.